The average molecular weight is 226 g/mol. The van der Waals surface area contributed by atoms with E-state index in [0.29, 0.717) is 6.10 Å². The van der Waals surface area contributed by atoms with E-state index < -0.39 is 0 Å². The zero-order valence-electron chi connectivity index (χ0n) is 9.16. The Morgan fingerprint density at radius 1 is 1.67 bits per heavy atom. The number of nitrogens with zero attached hydrogens (tertiary/aromatic N) is 1. The second-order valence-corrected chi connectivity index (χ2v) is 5.11. The van der Waals surface area contributed by atoms with Crippen LogP contribution in [0.3, 0.4) is 0 Å². The van der Waals surface area contributed by atoms with Gasteiger partial charge >= 0.3 is 0 Å². The third-order valence-electron chi connectivity index (χ3n) is 2.65. The van der Waals surface area contributed by atoms with Crippen LogP contribution in [0.25, 0.3) is 0 Å². The first-order valence-corrected chi connectivity index (χ1v) is 6.40. The number of thiazole rings is 1. The largest absolute Gasteiger partial charge is 0.378 e. The van der Waals surface area contributed by atoms with Crippen LogP contribution in [0.5, 0.6) is 0 Å². The lowest BCUT2D eigenvalue weighted by Crippen LogP contribution is -2.09. The minimum atomic E-state index is 0.424. The molecule has 2 heterocycles. The molecule has 1 aliphatic rings. The summed E-state index contributed by atoms with van der Waals surface area (Å²) in [5.74, 6) is 0. The van der Waals surface area contributed by atoms with Crippen molar-refractivity contribution in [1.29, 1.82) is 0 Å². The molecule has 4 heteroatoms. The molecule has 1 unspecified atom stereocenters. The molecule has 15 heavy (non-hydrogen) atoms. The number of nitrogens with one attached hydrogen (secondary N) is 1. The number of hydrogen-bond donors (Lipinski definition) is 1. The smallest absolute Gasteiger partial charge is 0.0953 e. The van der Waals surface area contributed by atoms with Crippen molar-refractivity contribution in [2.75, 3.05) is 20.2 Å². The maximum absolute atomic E-state index is 5.60. The van der Waals surface area contributed by atoms with E-state index in [-0.39, 0.29) is 0 Å². The van der Waals surface area contributed by atoms with Crippen molar-refractivity contribution >= 4 is 11.3 Å². The topological polar surface area (TPSA) is 34.2 Å². The van der Waals surface area contributed by atoms with Crippen LogP contribution in [0.4, 0.5) is 0 Å². The first-order chi connectivity index (χ1) is 7.38. The van der Waals surface area contributed by atoms with Gasteiger partial charge in [-0.25, -0.2) is 4.98 Å². The highest BCUT2D eigenvalue weighted by atomic mass is 32.1. The molecule has 1 N–H and O–H groups in total. The van der Waals surface area contributed by atoms with Gasteiger partial charge < -0.3 is 10.1 Å². The fraction of sp³-hybridized carbons (Fsp3) is 0.727. The molecule has 0 amide bonds. The summed E-state index contributed by atoms with van der Waals surface area (Å²) >= 11 is 1.83. The SMILES string of the molecule is CNCCc1cnc(CC2CCCO2)s1. The number of likely N-dealkylation sites (N-methyl/N-ethyl adjacent to an activating group) is 1. The maximum Gasteiger partial charge on any atom is 0.0953 e. The van der Waals surface area contributed by atoms with Crippen molar-refractivity contribution in [2.24, 2.45) is 0 Å². The lowest BCUT2D eigenvalue weighted by Gasteiger charge is -2.05. The summed E-state index contributed by atoms with van der Waals surface area (Å²) in [5.41, 5.74) is 0. The Labute approximate surface area is 94.9 Å². The molecule has 0 saturated carbocycles. The molecule has 1 fully saturated rings. The zero-order valence-corrected chi connectivity index (χ0v) is 9.98. The first-order valence-electron chi connectivity index (χ1n) is 5.58. The number of ether oxygens (including phenoxy) is 1. The predicted octanol–water partition coefficient (Wildman–Crippen LogP) is 1.63. The lowest BCUT2D eigenvalue weighted by atomic mass is 10.2. The van der Waals surface area contributed by atoms with Crippen molar-refractivity contribution in [1.82, 2.24) is 10.3 Å². The molecule has 0 bridgehead atoms. The van der Waals surface area contributed by atoms with Gasteiger partial charge in [0, 0.05) is 24.1 Å². The fourth-order valence-electron chi connectivity index (χ4n) is 1.81. The van der Waals surface area contributed by atoms with Crippen LogP contribution in [-0.2, 0) is 17.6 Å². The second kappa shape index (κ2) is 5.58. The highest BCUT2D eigenvalue weighted by molar-refractivity contribution is 7.11. The molecule has 1 aromatic rings. The predicted molar refractivity (Wildman–Crippen MR) is 62.4 cm³/mol. The molecule has 2 rings (SSSR count). The molecule has 1 aromatic heterocycles. The molecule has 0 aliphatic carbocycles. The van der Waals surface area contributed by atoms with Crippen molar-refractivity contribution in [3.63, 3.8) is 0 Å². The molecule has 0 aromatic carbocycles. The van der Waals surface area contributed by atoms with Crippen LogP contribution in [-0.4, -0.2) is 31.3 Å². The van der Waals surface area contributed by atoms with E-state index in [9.17, 15) is 0 Å². The molecule has 0 radical (unpaired) electrons. The minimum absolute atomic E-state index is 0.424. The standard InChI is InChI=1S/C11H18N2OS/c1-12-5-4-10-8-13-11(15-10)7-9-3-2-6-14-9/h8-9,12H,2-7H2,1H3. The van der Waals surface area contributed by atoms with Gasteiger partial charge in [-0.15, -0.1) is 11.3 Å². The van der Waals surface area contributed by atoms with Crippen LogP contribution in [0, 0.1) is 0 Å². The minimum Gasteiger partial charge on any atom is -0.378 e. The van der Waals surface area contributed by atoms with Gasteiger partial charge in [0.1, 0.15) is 0 Å². The normalized spacial score (nSPS) is 21.0. The van der Waals surface area contributed by atoms with Gasteiger partial charge in [-0.2, -0.15) is 0 Å². The average Bonchev–Trinajstić information content (AvgIpc) is 2.87. The van der Waals surface area contributed by atoms with Crippen molar-refractivity contribution in [2.45, 2.75) is 31.8 Å². The van der Waals surface area contributed by atoms with Crippen molar-refractivity contribution in [3.05, 3.63) is 16.1 Å². The van der Waals surface area contributed by atoms with E-state index in [4.69, 9.17) is 4.74 Å². The molecular formula is C11H18N2OS. The van der Waals surface area contributed by atoms with Gasteiger partial charge in [-0.3, -0.25) is 0 Å². The summed E-state index contributed by atoms with van der Waals surface area (Å²) in [4.78, 5) is 5.82. The Bertz CT molecular complexity index is 295. The molecule has 1 aliphatic heterocycles. The highest BCUT2D eigenvalue weighted by Gasteiger charge is 2.17. The summed E-state index contributed by atoms with van der Waals surface area (Å²) in [6, 6.07) is 0. The van der Waals surface area contributed by atoms with E-state index in [0.717, 1.165) is 26.0 Å². The fourth-order valence-corrected chi connectivity index (χ4v) is 2.79. The number of hydrogen-bond acceptors (Lipinski definition) is 4. The van der Waals surface area contributed by atoms with Crippen LogP contribution >= 0.6 is 11.3 Å². The van der Waals surface area contributed by atoms with E-state index in [1.54, 1.807) is 0 Å². The Morgan fingerprint density at radius 2 is 2.60 bits per heavy atom. The van der Waals surface area contributed by atoms with Crippen LogP contribution in [0.15, 0.2) is 6.20 Å². The quantitative estimate of drug-likeness (QED) is 0.828. The Morgan fingerprint density at radius 3 is 3.33 bits per heavy atom. The summed E-state index contributed by atoms with van der Waals surface area (Å²) in [6.07, 6.45) is 6.93. The van der Waals surface area contributed by atoms with E-state index in [1.807, 2.05) is 24.6 Å². The summed E-state index contributed by atoms with van der Waals surface area (Å²) in [5, 5.41) is 4.38. The van der Waals surface area contributed by atoms with Crippen LogP contribution < -0.4 is 5.32 Å². The first kappa shape index (κ1) is 11.0. The van der Waals surface area contributed by atoms with Crippen LogP contribution in [0.1, 0.15) is 22.7 Å². The number of rotatable bonds is 5. The van der Waals surface area contributed by atoms with Crippen LogP contribution in [0.2, 0.25) is 0 Å². The number of aromatic nitrogens is 1. The molecule has 0 spiro atoms. The molecule has 3 nitrogen and oxygen atoms in total. The van der Waals surface area contributed by atoms with E-state index in [1.165, 1.54) is 22.7 Å². The third kappa shape index (κ3) is 3.26. The van der Waals surface area contributed by atoms with Crippen molar-refractivity contribution in [3.8, 4) is 0 Å². The summed E-state index contributed by atoms with van der Waals surface area (Å²) in [6.45, 7) is 1.96. The maximum atomic E-state index is 5.60. The molecular weight excluding hydrogens is 208 g/mol. The Balaban J connectivity index is 1.83. The monoisotopic (exact) mass is 226 g/mol. The van der Waals surface area contributed by atoms with Gasteiger partial charge in [-0.05, 0) is 32.9 Å². The van der Waals surface area contributed by atoms with Gasteiger partial charge in [0.15, 0.2) is 0 Å². The van der Waals surface area contributed by atoms with Gasteiger partial charge in [-0.1, -0.05) is 0 Å². The van der Waals surface area contributed by atoms with E-state index >= 15 is 0 Å². The summed E-state index contributed by atoms with van der Waals surface area (Å²) in [7, 11) is 1.98. The Kier molecular flexibility index (Phi) is 4.11. The van der Waals surface area contributed by atoms with Gasteiger partial charge in [0.05, 0.1) is 11.1 Å². The van der Waals surface area contributed by atoms with E-state index in [2.05, 4.69) is 10.3 Å². The van der Waals surface area contributed by atoms with Gasteiger partial charge in [0.25, 0.3) is 0 Å². The third-order valence-corrected chi connectivity index (χ3v) is 3.73. The second-order valence-electron chi connectivity index (χ2n) is 3.91. The Hall–Kier alpha value is -0.450. The lowest BCUT2D eigenvalue weighted by molar-refractivity contribution is 0.111. The highest BCUT2D eigenvalue weighted by Crippen LogP contribution is 2.20. The summed E-state index contributed by atoms with van der Waals surface area (Å²) < 4.78 is 5.60. The van der Waals surface area contributed by atoms with Gasteiger partial charge in [0.2, 0.25) is 0 Å². The zero-order chi connectivity index (χ0) is 10.5. The van der Waals surface area contributed by atoms with Crippen molar-refractivity contribution < 1.29 is 4.74 Å². The molecule has 1 saturated heterocycles. The molecule has 84 valence electrons. The molecule has 1 atom stereocenters.